The van der Waals surface area contributed by atoms with Crippen LogP contribution in [0.2, 0.25) is 0 Å². The van der Waals surface area contributed by atoms with Crippen molar-refractivity contribution in [3.63, 3.8) is 0 Å². The Hall–Kier alpha value is -0.960. The number of rotatable bonds is 1. The molecule has 1 saturated heterocycles. The van der Waals surface area contributed by atoms with Gasteiger partial charge in [-0.15, -0.1) is 0 Å². The molecule has 2 nitrogen and oxygen atoms in total. The molecule has 0 amide bonds. The number of nitrogens with one attached hydrogen (secondary N) is 1. The van der Waals surface area contributed by atoms with Gasteiger partial charge >= 0.3 is 0 Å². The molecule has 11 heavy (non-hydrogen) atoms. The van der Waals surface area contributed by atoms with E-state index < -0.39 is 0 Å². The topological polar surface area (TPSA) is 24.9 Å². The zero-order valence-electron chi connectivity index (χ0n) is 6.05. The van der Waals surface area contributed by atoms with Crippen LogP contribution in [0, 0.1) is 5.82 Å². The van der Waals surface area contributed by atoms with Gasteiger partial charge in [-0.3, -0.25) is 4.98 Å². The fourth-order valence-corrected chi connectivity index (χ4v) is 1.13. The molecule has 1 aromatic heterocycles. The summed E-state index contributed by atoms with van der Waals surface area (Å²) in [6.07, 6.45) is 2.37. The van der Waals surface area contributed by atoms with Crippen LogP contribution in [0.1, 0.15) is 18.2 Å². The minimum absolute atomic E-state index is 0.270. The molecule has 1 atom stereocenters. The minimum atomic E-state index is -0.270. The van der Waals surface area contributed by atoms with Crippen LogP contribution < -0.4 is 5.32 Å². The van der Waals surface area contributed by atoms with E-state index in [0.717, 1.165) is 18.7 Å². The summed E-state index contributed by atoms with van der Waals surface area (Å²) in [4.78, 5) is 3.96. The highest BCUT2D eigenvalue weighted by molar-refractivity contribution is 5.11. The third-order valence-electron chi connectivity index (χ3n) is 1.93. The van der Waals surface area contributed by atoms with Gasteiger partial charge in [0.1, 0.15) is 5.82 Å². The molecule has 0 spiro atoms. The first-order valence-corrected chi connectivity index (χ1v) is 3.71. The molecule has 1 aromatic rings. The Labute approximate surface area is 64.5 Å². The van der Waals surface area contributed by atoms with Gasteiger partial charge in [0, 0.05) is 0 Å². The molecule has 0 aliphatic carbocycles. The van der Waals surface area contributed by atoms with Crippen LogP contribution in [0.4, 0.5) is 4.39 Å². The normalized spacial score (nSPS) is 22.8. The lowest BCUT2D eigenvalue weighted by molar-refractivity contribution is 0.374. The van der Waals surface area contributed by atoms with E-state index in [4.69, 9.17) is 0 Å². The number of hydrogen-bond donors (Lipinski definition) is 1. The first kappa shape index (κ1) is 6.73. The second kappa shape index (κ2) is 2.58. The average Bonchev–Trinajstić information content (AvgIpc) is 1.90. The molecule has 0 bridgehead atoms. The van der Waals surface area contributed by atoms with E-state index in [-0.39, 0.29) is 5.82 Å². The Kier molecular flexibility index (Phi) is 1.58. The number of aromatic nitrogens is 1. The molecular weight excluding hydrogens is 143 g/mol. The molecule has 1 aliphatic rings. The summed E-state index contributed by atoms with van der Waals surface area (Å²) in [5.74, 6) is -0.270. The molecule has 2 rings (SSSR count). The maximum absolute atomic E-state index is 12.4. The Bertz CT molecular complexity index is 241. The van der Waals surface area contributed by atoms with E-state index in [2.05, 4.69) is 10.3 Å². The van der Waals surface area contributed by atoms with Gasteiger partial charge in [-0.25, -0.2) is 4.39 Å². The van der Waals surface area contributed by atoms with Crippen molar-refractivity contribution < 1.29 is 4.39 Å². The Morgan fingerprint density at radius 2 is 2.36 bits per heavy atom. The van der Waals surface area contributed by atoms with E-state index in [1.807, 2.05) is 0 Å². The maximum Gasteiger partial charge on any atom is 0.141 e. The standard InChI is InChI=1S/C8H9FN2/c9-6-1-2-7(11-5-6)8-3-4-10-8/h1-2,5,8,10H,3-4H2/t8-/m0/s1. The van der Waals surface area contributed by atoms with Gasteiger partial charge in [-0.2, -0.15) is 0 Å². The second-order valence-corrected chi connectivity index (χ2v) is 2.70. The lowest BCUT2D eigenvalue weighted by Gasteiger charge is -2.26. The number of nitrogens with zero attached hydrogens (tertiary/aromatic N) is 1. The van der Waals surface area contributed by atoms with Gasteiger partial charge in [0.25, 0.3) is 0 Å². The highest BCUT2D eigenvalue weighted by Gasteiger charge is 2.18. The molecule has 0 radical (unpaired) electrons. The van der Waals surface area contributed by atoms with Gasteiger partial charge in [-0.05, 0) is 25.1 Å². The predicted molar refractivity (Wildman–Crippen MR) is 39.6 cm³/mol. The van der Waals surface area contributed by atoms with E-state index in [1.54, 1.807) is 6.07 Å². The summed E-state index contributed by atoms with van der Waals surface area (Å²) in [5, 5.41) is 3.20. The van der Waals surface area contributed by atoms with Crippen LogP contribution in [-0.2, 0) is 0 Å². The molecule has 2 heterocycles. The van der Waals surface area contributed by atoms with E-state index >= 15 is 0 Å². The molecule has 58 valence electrons. The van der Waals surface area contributed by atoms with E-state index in [9.17, 15) is 4.39 Å². The fourth-order valence-electron chi connectivity index (χ4n) is 1.13. The third-order valence-corrected chi connectivity index (χ3v) is 1.93. The van der Waals surface area contributed by atoms with Crippen molar-refractivity contribution in [3.8, 4) is 0 Å². The SMILES string of the molecule is Fc1ccc([C@@H]2CCN2)nc1. The molecule has 1 N–H and O–H groups in total. The van der Waals surface area contributed by atoms with Crippen molar-refractivity contribution in [2.45, 2.75) is 12.5 Å². The van der Waals surface area contributed by atoms with Crippen LogP contribution in [-0.4, -0.2) is 11.5 Å². The molecule has 1 aliphatic heterocycles. The Morgan fingerprint density at radius 3 is 2.82 bits per heavy atom. The zero-order valence-corrected chi connectivity index (χ0v) is 6.05. The first-order valence-electron chi connectivity index (χ1n) is 3.71. The summed E-state index contributed by atoms with van der Waals surface area (Å²) >= 11 is 0. The van der Waals surface area contributed by atoms with E-state index in [1.165, 1.54) is 12.3 Å². The Balaban J connectivity index is 2.18. The summed E-state index contributed by atoms with van der Waals surface area (Å²) in [6.45, 7) is 1.05. The lowest BCUT2D eigenvalue weighted by atomic mass is 10.0. The second-order valence-electron chi connectivity index (χ2n) is 2.70. The maximum atomic E-state index is 12.4. The van der Waals surface area contributed by atoms with Crippen molar-refractivity contribution in [3.05, 3.63) is 29.8 Å². The molecule has 3 heteroatoms. The predicted octanol–water partition coefficient (Wildman–Crippen LogP) is 1.26. The number of halogens is 1. The fraction of sp³-hybridized carbons (Fsp3) is 0.375. The zero-order chi connectivity index (χ0) is 7.68. The largest absolute Gasteiger partial charge is 0.309 e. The highest BCUT2D eigenvalue weighted by Crippen LogP contribution is 2.19. The summed E-state index contributed by atoms with van der Waals surface area (Å²) in [5.41, 5.74) is 0.942. The lowest BCUT2D eigenvalue weighted by Crippen LogP contribution is -2.35. The van der Waals surface area contributed by atoms with Crippen LogP contribution in [0.3, 0.4) is 0 Å². The first-order chi connectivity index (χ1) is 5.36. The minimum Gasteiger partial charge on any atom is -0.309 e. The van der Waals surface area contributed by atoms with Gasteiger partial charge in [0.15, 0.2) is 0 Å². The van der Waals surface area contributed by atoms with E-state index in [0.29, 0.717) is 6.04 Å². The molecular formula is C8H9FN2. The summed E-state index contributed by atoms with van der Waals surface area (Å²) < 4.78 is 12.4. The average molecular weight is 152 g/mol. The van der Waals surface area contributed by atoms with Gasteiger partial charge in [0.2, 0.25) is 0 Å². The third kappa shape index (κ3) is 1.24. The van der Waals surface area contributed by atoms with Gasteiger partial charge in [0.05, 0.1) is 17.9 Å². The van der Waals surface area contributed by atoms with Crippen molar-refractivity contribution in [2.24, 2.45) is 0 Å². The smallest absolute Gasteiger partial charge is 0.141 e. The summed E-state index contributed by atoms with van der Waals surface area (Å²) in [7, 11) is 0. The summed E-state index contributed by atoms with van der Waals surface area (Å²) in [6, 6.07) is 3.53. The van der Waals surface area contributed by atoms with Crippen molar-refractivity contribution in [1.82, 2.24) is 10.3 Å². The van der Waals surface area contributed by atoms with Crippen LogP contribution in [0.25, 0.3) is 0 Å². The monoisotopic (exact) mass is 152 g/mol. The van der Waals surface area contributed by atoms with Crippen LogP contribution in [0.5, 0.6) is 0 Å². The molecule has 1 fully saturated rings. The van der Waals surface area contributed by atoms with Crippen molar-refractivity contribution in [1.29, 1.82) is 0 Å². The van der Waals surface area contributed by atoms with Gasteiger partial charge in [-0.1, -0.05) is 0 Å². The number of pyridine rings is 1. The molecule has 0 saturated carbocycles. The quantitative estimate of drug-likeness (QED) is 0.655. The van der Waals surface area contributed by atoms with Crippen molar-refractivity contribution in [2.75, 3.05) is 6.54 Å². The van der Waals surface area contributed by atoms with Crippen LogP contribution in [0.15, 0.2) is 18.3 Å². The number of hydrogen-bond acceptors (Lipinski definition) is 2. The van der Waals surface area contributed by atoms with Gasteiger partial charge < -0.3 is 5.32 Å². The van der Waals surface area contributed by atoms with Crippen molar-refractivity contribution >= 4 is 0 Å². The Morgan fingerprint density at radius 1 is 1.55 bits per heavy atom. The molecule has 0 unspecified atom stereocenters. The molecule has 0 aromatic carbocycles. The highest BCUT2D eigenvalue weighted by atomic mass is 19.1. The van der Waals surface area contributed by atoms with Crippen LogP contribution >= 0.6 is 0 Å².